The molecule has 17 heavy (non-hydrogen) atoms. The van der Waals surface area contributed by atoms with E-state index < -0.39 is 6.29 Å². The maximum Gasteiger partial charge on any atom is 0.252 e. The minimum Gasteiger partial charge on any atom is -0.354 e. The van der Waals surface area contributed by atoms with Crippen LogP contribution in [-0.4, -0.2) is 39.2 Å². The summed E-state index contributed by atoms with van der Waals surface area (Å²) in [6.07, 6.45) is 1.53. The first kappa shape index (κ1) is 14.0. The van der Waals surface area contributed by atoms with Crippen LogP contribution < -0.4 is 5.32 Å². The zero-order valence-corrected chi connectivity index (χ0v) is 11.0. The van der Waals surface area contributed by atoms with Crippen molar-refractivity contribution in [2.45, 2.75) is 11.2 Å². The summed E-state index contributed by atoms with van der Waals surface area (Å²) >= 11 is 1.55. The third-order valence-electron chi connectivity index (χ3n) is 2.31. The molecule has 0 unspecified atom stereocenters. The molecule has 1 aromatic rings. The average molecular weight is 255 g/mol. The van der Waals surface area contributed by atoms with Gasteiger partial charge in [-0.25, -0.2) is 0 Å². The van der Waals surface area contributed by atoms with Gasteiger partial charge in [-0.2, -0.15) is 0 Å². The predicted octanol–water partition coefficient (Wildman–Crippen LogP) is 1.76. The molecule has 0 aliphatic carbocycles. The zero-order chi connectivity index (χ0) is 12.7. The normalized spacial score (nSPS) is 10.6. The molecular weight excluding hydrogens is 238 g/mol. The van der Waals surface area contributed by atoms with Crippen LogP contribution in [0.4, 0.5) is 0 Å². The molecule has 94 valence electrons. The molecular formula is C12H17NO3S. The molecule has 0 saturated heterocycles. The summed E-state index contributed by atoms with van der Waals surface area (Å²) in [4.78, 5) is 12.9. The standard InChI is InChI=1S/C12H17NO3S/c1-15-11(16-2)8-13-12(14)9-6-4-5-7-10(9)17-3/h4-7,11H,8H2,1-3H3,(H,13,14). The molecule has 4 nitrogen and oxygen atoms in total. The Kier molecular flexibility index (Phi) is 6.04. The minimum atomic E-state index is -0.416. The van der Waals surface area contributed by atoms with Gasteiger partial charge in [0.2, 0.25) is 0 Å². The second-order valence-corrected chi connectivity index (χ2v) is 4.16. The Morgan fingerprint density at radius 1 is 1.35 bits per heavy atom. The smallest absolute Gasteiger partial charge is 0.252 e. The molecule has 1 N–H and O–H groups in total. The first-order chi connectivity index (χ1) is 8.22. The molecule has 0 aliphatic rings. The fourth-order valence-corrected chi connectivity index (χ4v) is 1.96. The molecule has 0 aromatic heterocycles. The lowest BCUT2D eigenvalue weighted by Crippen LogP contribution is -2.34. The number of methoxy groups -OCH3 is 2. The molecule has 0 spiro atoms. The summed E-state index contributed by atoms with van der Waals surface area (Å²) in [7, 11) is 3.08. The summed E-state index contributed by atoms with van der Waals surface area (Å²) in [6.45, 7) is 0.328. The fourth-order valence-electron chi connectivity index (χ4n) is 1.37. The Bertz CT molecular complexity index is 367. The van der Waals surface area contributed by atoms with Gasteiger partial charge >= 0.3 is 0 Å². The van der Waals surface area contributed by atoms with Gasteiger partial charge in [-0.15, -0.1) is 11.8 Å². The number of hydrogen-bond donors (Lipinski definition) is 1. The minimum absolute atomic E-state index is 0.117. The number of benzene rings is 1. The van der Waals surface area contributed by atoms with E-state index in [0.29, 0.717) is 12.1 Å². The molecule has 1 amide bonds. The van der Waals surface area contributed by atoms with E-state index in [-0.39, 0.29) is 5.91 Å². The Labute approximate surface area is 106 Å². The molecule has 0 heterocycles. The van der Waals surface area contributed by atoms with Gasteiger partial charge in [-0.05, 0) is 18.4 Å². The molecule has 5 heteroatoms. The molecule has 0 aliphatic heterocycles. The Morgan fingerprint density at radius 2 is 2.00 bits per heavy atom. The maximum atomic E-state index is 11.9. The fraction of sp³-hybridized carbons (Fsp3) is 0.417. The van der Waals surface area contributed by atoms with Gasteiger partial charge in [0.15, 0.2) is 6.29 Å². The SMILES string of the molecule is COC(CNC(=O)c1ccccc1SC)OC. The highest BCUT2D eigenvalue weighted by Gasteiger charge is 2.12. The van der Waals surface area contributed by atoms with Gasteiger partial charge < -0.3 is 14.8 Å². The lowest BCUT2D eigenvalue weighted by atomic mass is 10.2. The average Bonchev–Trinajstić information content (AvgIpc) is 2.39. The Balaban J connectivity index is 2.63. The van der Waals surface area contributed by atoms with Crippen LogP contribution in [0.3, 0.4) is 0 Å². The van der Waals surface area contributed by atoms with E-state index >= 15 is 0 Å². The van der Waals surface area contributed by atoms with Crippen molar-refractivity contribution < 1.29 is 14.3 Å². The summed E-state index contributed by atoms with van der Waals surface area (Å²) in [5.41, 5.74) is 0.672. The van der Waals surface area contributed by atoms with Gasteiger partial charge in [-0.1, -0.05) is 12.1 Å². The largest absolute Gasteiger partial charge is 0.354 e. The van der Waals surface area contributed by atoms with Crippen LogP contribution in [0.5, 0.6) is 0 Å². The number of nitrogens with one attached hydrogen (secondary N) is 1. The highest BCUT2D eigenvalue weighted by Crippen LogP contribution is 2.19. The van der Waals surface area contributed by atoms with Crippen LogP contribution in [0, 0.1) is 0 Å². The molecule has 0 atom stereocenters. The summed E-state index contributed by atoms with van der Waals surface area (Å²) in [5.74, 6) is -0.117. The van der Waals surface area contributed by atoms with E-state index in [1.165, 1.54) is 14.2 Å². The second-order valence-electron chi connectivity index (χ2n) is 3.31. The van der Waals surface area contributed by atoms with E-state index in [4.69, 9.17) is 9.47 Å². The van der Waals surface area contributed by atoms with Crippen LogP contribution in [0.15, 0.2) is 29.2 Å². The summed E-state index contributed by atoms with van der Waals surface area (Å²) in [6, 6.07) is 7.48. The number of amides is 1. The van der Waals surface area contributed by atoms with Crippen molar-refractivity contribution in [2.24, 2.45) is 0 Å². The molecule has 1 rings (SSSR count). The second kappa shape index (κ2) is 7.32. The highest BCUT2D eigenvalue weighted by molar-refractivity contribution is 7.98. The van der Waals surface area contributed by atoms with Gasteiger partial charge in [-0.3, -0.25) is 4.79 Å². The number of rotatable bonds is 6. The van der Waals surface area contributed by atoms with Crippen LogP contribution in [0.1, 0.15) is 10.4 Å². The number of carbonyl (C=O) groups excluding carboxylic acids is 1. The number of carbonyl (C=O) groups is 1. The van der Waals surface area contributed by atoms with Gasteiger partial charge in [0.1, 0.15) is 0 Å². The van der Waals surface area contributed by atoms with Crippen molar-refractivity contribution >= 4 is 17.7 Å². The first-order valence-corrected chi connectivity index (χ1v) is 6.42. The topological polar surface area (TPSA) is 47.6 Å². The molecule has 0 saturated carbocycles. The monoisotopic (exact) mass is 255 g/mol. The van der Waals surface area contributed by atoms with Crippen molar-refractivity contribution in [1.29, 1.82) is 0 Å². The predicted molar refractivity (Wildman–Crippen MR) is 68.4 cm³/mol. The van der Waals surface area contributed by atoms with E-state index in [0.717, 1.165) is 4.90 Å². The Morgan fingerprint density at radius 3 is 2.59 bits per heavy atom. The first-order valence-electron chi connectivity index (χ1n) is 5.19. The Hall–Kier alpha value is -1.04. The van der Waals surface area contributed by atoms with E-state index in [2.05, 4.69) is 5.32 Å². The highest BCUT2D eigenvalue weighted by atomic mass is 32.2. The maximum absolute atomic E-state index is 11.9. The van der Waals surface area contributed by atoms with Crippen molar-refractivity contribution in [3.8, 4) is 0 Å². The van der Waals surface area contributed by atoms with E-state index in [1.54, 1.807) is 17.8 Å². The van der Waals surface area contributed by atoms with Crippen LogP contribution in [0.25, 0.3) is 0 Å². The van der Waals surface area contributed by atoms with Gasteiger partial charge in [0.25, 0.3) is 5.91 Å². The zero-order valence-electron chi connectivity index (χ0n) is 10.2. The van der Waals surface area contributed by atoms with Gasteiger partial charge in [0.05, 0.1) is 12.1 Å². The molecule has 0 radical (unpaired) electrons. The number of ether oxygens (including phenoxy) is 2. The lowest BCUT2D eigenvalue weighted by molar-refractivity contribution is -0.0974. The number of thioether (sulfide) groups is 1. The quantitative estimate of drug-likeness (QED) is 0.621. The van der Waals surface area contributed by atoms with Crippen molar-refractivity contribution in [2.75, 3.05) is 27.0 Å². The molecule has 0 bridgehead atoms. The van der Waals surface area contributed by atoms with Crippen LogP contribution in [-0.2, 0) is 9.47 Å². The van der Waals surface area contributed by atoms with Crippen molar-refractivity contribution in [1.82, 2.24) is 5.32 Å². The summed E-state index contributed by atoms with van der Waals surface area (Å²) in [5, 5.41) is 2.77. The third kappa shape index (κ3) is 4.03. The lowest BCUT2D eigenvalue weighted by Gasteiger charge is -2.14. The molecule has 1 aromatic carbocycles. The van der Waals surface area contributed by atoms with Gasteiger partial charge in [0, 0.05) is 19.1 Å². The van der Waals surface area contributed by atoms with E-state index in [1.807, 2.05) is 24.5 Å². The summed E-state index contributed by atoms with van der Waals surface area (Å²) < 4.78 is 10.0. The molecule has 0 fully saturated rings. The van der Waals surface area contributed by atoms with E-state index in [9.17, 15) is 4.79 Å². The van der Waals surface area contributed by atoms with Crippen LogP contribution >= 0.6 is 11.8 Å². The van der Waals surface area contributed by atoms with Crippen LogP contribution in [0.2, 0.25) is 0 Å². The number of hydrogen-bond acceptors (Lipinski definition) is 4. The van der Waals surface area contributed by atoms with Crippen molar-refractivity contribution in [3.05, 3.63) is 29.8 Å². The third-order valence-corrected chi connectivity index (χ3v) is 3.10. The van der Waals surface area contributed by atoms with Crippen molar-refractivity contribution in [3.63, 3.8) is 0 Å².